The minimum Gasteiger partial charge on any atom is -0.368 e. The lowest BCUT2D eigenvalue weighted by molar-refractivity contribution is 0.880. The molecule has 2 aromatic rings. The maximum Gasteiger partial charge on any atom is 0.244 e. The van der Waals surface area contributed by atoms with Gasteiger partial charge in [0.15, 0.2) is 0 Å². The molecule has 0 amide bonds. The Morgan fingerprint density at radius 1 is 1.39 bits per heavy atom. The molecule has 0 radical (unpaired) electrons. The van der Waals surface area contributed by atoms with Crippen molar-refractivity contribution in [3.63, 3.8) is 0 Å². The quantitative estimate of drug-likeness (QED) is 0.848. The molecule has 0 fully saturated rings. The van der Waals surface area contributed by atoms with Crippen LogP contribution in [0.3, 0.4) is 0 Å². The topological polar surface area (TPSA) is 92.5 Å². The summed E-state index contributed by atoms with van der Waals surface area (Å²) in [7, 11) is 0. The maximum absolute atomic E-state index is 8.74. The standard InChI is InChI=1S/C12H14N6/c1-2-7-15-12-16-11(14)18(17-12)10-5-3-9(8-13)4-6-10/h3-6H,2,7H2,1H3,(H3,14,15,16,17). The second-order valence-electron chi connectivity index (χ2n) is 3.79. The van der Waals surface area contributed by atoms with Gasteiger partial charge in [0, 0.05) is 6.54 Å². The molecule has 0 unspecified atom stereocenters. The van der Waals surface area contributed by atoms with E-state index in [1.54, 1.807) is 28.9 Å². The summed E-state index contributed by atoms with van der Waals surface area (Å²) < 4.78 is 1.54. The number of rotatable bonds is 4. The number of nitrogens with one attached hydrogen (secondary N) is 1. The summed E-state index contributed by atoms with van der Waals surface area (Å²) in [5, 5.41) is 16.1. The minimum atomic E-state index is 0.318. The molecule has 2 rings (SSSR count). The molecule has 0 bridgehead atoms. The number of nitrogens with two attached hydrogens (primary N) is 1. The highest BCUT2D eigenvalue weighted by molar-refractivity contribution is 5.44. The fourth-order valence-electron chi connectivity index (χ4n) is 1.50. The van der Waals surface area contributed by atoms with Crippen molar-refractivity contribution in [1.82, 2.24) is 14.8 Å². The van der Waals surface area contributed by atoms with Crippen molar-refractivity contribution in [2.45, 2.75) is 13.3 Å². The van der Waals surface area contributed by atoms with Gasteiger partial charge in [0.1, 0.15) is 0 Å². The van der Waals surface area contributed by atoms with E-state index in [1.165, 1.54) is 0 Å². The monoisotopic (exact) mass is 242 g/mol. The average molecular weight is 242 g/mol. The van der Waals surface area contributed by atoms with Crippen molar-refractivity contribution in [2.24, 2.45) is 0 Å². The molecule has 1 aromatic carbocycles. The van der Waals surface area contributed by atoms with E-state index < -0.39 is 0 Å². The van der Waals surface area contributed by atoms with Gasteiger partial charge >= 0.3 is 0 Å². The van der Waals surface area contributed by atoms with E-state index in [-0.39, 0.29) is 0 Å². The van der Waals surface area contributed by atoms with Crippen LogP contribution in [-0.4, -0.2) is 21.3 Å². The van der Waals surface area contributed by atoms with Gasteiger partial charge in [-0.1, -0.05) is 6.92 Å². The molecule has 0 spiro atoms. The van der Waals surface area contributed by atoms with Crippen LogP contribution in [0.25, 0.3) is 5.69 Å². The van der Waals surface area contributed by atoms with Crippen LogP contribution in [0.15, 0.2) is 24.3 Å². The van der Waals surface area contributed by atoms with Crippen molar-refractivity contribution >= 4 is 11.9 Å². The highest BCUT2D eigenvalue weighted by atomic mass is 15.4. The van der Waals surface area contributed by atoms with E-state index in [0.29, 0.717) is 17.5 Å². The number of nitrogen functional groups attached to an aromatic ring is 1. The van der Waals surface area contributed by atoms with Crippen molar-refractivity contribution in [1.29, 1.82) is 5.26 Å². The molecule has 18 heavy (non-hydrogen) atoms. The first-order valence-electron chi connectivity index (χ1n) is 5.71. The van der Waals surface area contributed by atoms with Gasteiger partial charge < -0.3 is 11.1 Å². The van der Waals surface area contributed by atoms with Gasteiger partial charge in [0.25, 0.3) is 0 Å². The van der Waals surface area contributed by atoms with E-state index in [2.05, 4.69) is 28.4 Å². The smallest absolute Gasteiger partial charge is 0.244 e. The van der Waals surface area contributed by atoms with Crippen LogP contribution in [-0.2, 0) is 0 Å². The van der Waals surface area contributed by atoms with E-state index in [4.69, 9.17) is 11.0 Å². The number of aromatic nitrogens is 3. The van der Waals surface area contributed by atoms with E-state index in [9.17, 15) is 0 Å². The predicted molar refractivity (Wildman–Crippen MR) is 69.3 cm³/mol. The summed E-state index contributed by atoms with van der Waals surface area (Å²) in [5.41, 5.74) is 7.18. The van der Waals surface area contributed by atoms with Crippen molar-refractivity contribution in [2.75, 3.05) is 17.6 Å². The molecule has 92 valence electrons. The minimum absolute atomic E-state index is 0.318. The number of hydrogen-bond acceptors (Lipinski definition) is 5. The molecular weight excluding hydrogens is 228 g/mol. The lowest BCUT2D eigenvalue weighted by Gasteiger charge is -2.01. The fraction of sp³-hybridized carbons (Fsp3) is 0.250. The summed E-state index contributed by atoms with van der Waals surface area (Å²) in [6.45, 7) is 2.87. The number of hydrogen-bond donors (Lipinski definition) is 2. The Balaban J connectivity index is 2.26. The van der Waals surface area contributed by atoms with Gasteiger partial charge in [0.05, 0.1) is 17.3 Å². The number of anilines is 2. The molecule has 0 aliphatic heterocycles. The Morgan fingerprint density at radius 2 is 2.11 bits per heavy atom. The van der Waals surface area contributed by atoms with Crippen molar-refractivity contribution < 1.29 is 0 Å². The first kappa shape index (κ1) is 11.9. The number of benzene rings is 1. The number of nitrogens with zero attached hydrogens (tertiary/aromatic N) is 4. The fourth-order valence-corrected chi connectivity index (χ4v) is 1.50. The SMILES string of the molecule is CCCNc1nc(N)n(-c2ccc(C#N)cc2)n1. The predicted octanol–water partition coefficient (Wildman–Crippen LogP) is 1.54. The van der Waals surface area contributed by atoms with Gasteiger partial charge in [-0.05, 0) is 30.7 Å². The second-order valence-corrected chi connectivity index (χ2v) is 3.79. The molecule has 0 atom stereocenters. The Kier molecular flexibility index (Phi) is 3.44. The van der Waals surface area contributed by atoms with Crippen LogP contribution >= 0.6 is 0 Å². The lowest BCUT2D eigenvalue weighted by Crippen LogP contribution is -2.03. The molecule has 6 nitrogen and oxygen atoms in total. The largest absolute Gasteiger partial charge is 0.368 e. The molecule has 1 aromatic heterocycles. The van der Waals surface area contributed by atoms with E-state index in [1.807, 2.05) is 0 Å². The first-order chi connectivity index (χ1) is 8.74. The molecule has 0 saturated carbocycles. The van der Waals surface area contributed by atoms with Gasteiger partial charge in [-0.3, -0.25) is 0 Å². The van der Waals surface area contributed by atoms with Crippen LogP contribution in [0.5, 0.6) is 0 Å². The molecule has 0 saturated heterocycles. The van der Waals surface area contributed by atoms with Crippen molar-refractivity contribution in [3.8, 4) is 11.8 Å². The van der Waals surface area contributed by atoms with Crippen molar-refractivity contribution in [3.05, 3.63) is 29.8 Å². The van der Waals surface area contributed by atoms with E-state index >= 15 is 0 Å². The zero-order chi connectivity index (χ0) is 13.0. The molecular formula is C12H14N6. The third kappa shape index (κ3) is 2.40. The van der Waals surface area contributed by atoms with Crippen LogP contribution < -0.4 is 11.1 Å². The average Bonchev–Trinajstić information content (AvgIpc) is 2.78. The van der Waals surface area contributed by atoms with Gasteiger partial charge in [-0.15, -0.1) is 5.10 Å². The third-order valence-corrected chi connectivity index (χ3v) is 2.41. The molecule has 6 heteroatoms. The third-order valence-electron chi connectivity index (χ3n) is 2.41. The second kappa shape index (κ2) is 5.19. The normalized spacial score (nSPS) is 10.0. The zero-order valence-corrected chi connectivity index (χ0v) is 10.1. The summed E-state index contributed by atoms with van der Waals surface area (Å²) in [6.07, 6.45) is 0.991. The van der Waals surface area contributed by atoms with Gasteiger partial charge in [-0.2, -0.15) is 14.9 Å². The Hall–Kier alpha value is -2.55. The zero-order valence-electron chi connectivity index (χ0n) is 10.1. The molecule has 1 heterocycles. The summed E-state index contributed by atoms with van der Waals surface area (Å²) in [5.74, 6) is 0.831. The highest BCUT2D eigenvalue weighted by Crippen LogP contribution is 2.14. The van der Waals surface area contributed by atoms with Gasteiger partial charge in [-0.25, -0.2) is 0 Å². The van der Waals surface area contributed by atoms with Crippen LogP contribution in [0.1, 0.15) is 18.9 Å². The first-order valence-corrected chi connectivity index (χ1v) is 5.71. The molecule has 0 aliphatic rings. The highest BCUT2D eigenvalue weighted by Gasteiger charge is 2.07. The van der Waals surface area contributed by atoms with Crippen LogP contribution in [0, 0.1) is 11.3 Å². The molecule has 0 aliphatic carbocycles. The Morgan fingerprint density at radius 3 is 2.72 bits per heavy atom. The van der Waals surface area contributed by atoms with Crippen LogP contribution in [0.2, 0.25) is 0 Å². The van der Waals surface area contributed by atoms with Crippen LogP contribution in [0.4, 0.5) is 11.9 Å². The molecule has 3 N–H and O–H groups in total. The van der Waals surface area contributed by atoms with E-state index in [0.717, 1.165) is 18.7 Å². The lowest BCUT2D eigenvalue weighted by atomic mass is 10.2. The Labute approximate surface area is 105 Å². The Bertz CT molecular complexity index is 563. The number of nitriles is 1. The maximum atomic E-state index is 8.74. The summed E-state index contributed by atoms with van der Waals surface area (Å²) >= 11 is 0. The summed E-state index contributed by atoms with van der Waals surface area (Å²) in [6, 6.07) is 9.07. The summed E-state index contributed by atoms with van der Waals surface area (Å²) in [4.78, 5) is 4.12. The van der Waals surface area contributed by atoms with Gasteiger partial charge in [0.2, 0.25) is 11.9 Å².